The van der Waals surface area contributed by atoms with Crippen LogP contribution in [0.15, 0.2) is 36.4 Å². The smallest absolute Gasteiger partial charge is 0.227 e. The molecule has 0 amide bonds. The van der Waals surface area contributed by atoms with E-state index in [0.29, 0.717) is 11.6 Å². The molecule has 0 unspecified atom stereocenters. The highest BCUT2D eigenvalue weighted by atomic mass is 35.5. The van der Waals surface area contributed by atoms with E-state index in [1.165, 1.54) is 6.07 Å². The molecule has 0 aliphatic carbocycles. The van der Waals surface area contributed by atoms with Crippen LogP contribution in [0.1, 0.15) is 0 Å². The summed E-state index contributed by atoms with van der Waals surface area (Å²) in [5.41, 5.74) is 0. The fourth-order valence-electron chi connectivity index (χ4n) is 1.03. The number of hydrogen-bond donors (Lipinski definition) is 0. The molecule has 0 saturated heterocycles. The predicted molar refractivity (Wildman–Crippen MR) is 58.6 cm³/mol. The van der Waals surface area contributed by atoms with E-state index in [-0.39, 0.29) is 10.4 Å². The minimum Gasteiger partial charge on any atom is -0.439 e. The van der Waals surface area contributed by atoms with Crippen molar-refractivity contribution < 1.29 is 4.74 Å². The summed E-state index contributed by atoms with van der Waals surface area (Å²) in [6.45, 7) is 0. The van der Waals surface area contributed by atoms with Crippen LogP contribution in [-0.4, -0.2) is 9.97 Å². The molecule has 2 aromatic rings. The third-order valence-electron chi connectivity index (χ3n) is 1.61. The van der Waals surface area contributed by atoms with Gasteiger partial charge in [0.15, 0.2) is 0 Å². The van der Waals surface area contributed by atoms with Crippen molar-refractivity contribution in [1.29, 1.82) is 0 Å². The highest BCUT2D eigenvalue weighted by molar-refractivity contribution is 6.31. The second-order valence-corrected chi connectivity index (χ2v) is 3.44. The van der Waals surface area contributed by atoms with Crippen molar-refractivity contribution >= 4 is 23.2 Å². The van der Waals surface area contributed by atoms with E-state index in [0.717, 1.165) is 0 Å². The van der Waals surface area contributed by atoms with Crippen LogP contribution in [-0.2, 0) is 0 Å². The number of ether oxygens (including phenoxy) is 1. The molecule has 0 fully saturated rings. The summed E-state index contributed by atoms with van der Waals surface area (Å²) < 4.78 is 5.42. The Balaban J connectivity index is 2.25. The highest BCUT2D eigenvalue weighted by Gasteiger charge is 2.02. The van der Waals surface area contributed by atoms with Gasteiger partial charge >= 0.3 is 0 Å². The van der Waals surface area contributed by atoms with Crippen molar-refractivity contribution in [2.45, 2.75) is 0 Å². The minimum atomic E-state index is 0.0634. The maximum atomic E-state index is 5.70. The quantitative estimate of drug-likeness (QED) is 0.595. The van der Waals surface area contributed by atoms with Gasteiger partial charge < -0.3 is 4.74 Å². The largest absolute Gasteiger partial charge is 0.439 e. The average molecular weight is 241 g/mol. The number of halogens is 2. The molecule has 15 heavy (non-hydrogen) atoms. The van der Waals surface area contributed by atoms with Gasteiger partial charge in [-0.1, -0.05) is 29.8 Å². The summed E-state index contributed by atoms with van der Waals surface area (Å²) in [5, 5.41) is 0.314. The average Bonchev–Trinajstić information content (AvgIpc) is 2.17. The Labute approximate surface area is 96.6 Å². The highest BCUT2D eigenvalue weighted by Crippen LogP contribution is 2.22. The van der Waals surface area contributed by atoms with Crippen molar-refractivity contribution in [1.82, 2.24) is 9.97 Å². The molecule has 3 nitrogen and oxygen atoms in total. The summed E-state index contributed by atoms with van der Waals surface area (Å²) in [6.07, 6.45) is 0. The van der Waals surface area contributed by atoms with Crippen LogP contribution < -0.4 is 4.74 Å². The van der Waals surface area contributed by atoms with Crippen LogP contribution in [0.2, 0.25) is 10.4 Å². The van der Waals surface area contributed by atoms with Gasteiger partial charge in [-0.05, 0) is 23.7 Å². The van der Waals surface area contributed by atoms with Gasteiger partial charge in [0.2, 0.25) is 11.2 Å². The van der Waals surface area contributed by atoms with Crippen LogP contribution in [0.3, 0.4) is 0 Å². The first-order chi connectivity index (χ1) is 7.24. The molecule has 5 heteroatoms. The van der Waals surface area contributed by atoms with Crippen molar-refractivity contribution in [3.05, 3.63) is 46.8 Å². The van der Waals surface area contributed by atoms with E-state index in [4.69, 9.17) is 27.9 Å². The second-order valence-electron chi connectivity index (χ2n) is 2.71. The number of para-hydroxylation sites is 1. The maximum absolute atomic E-state index is 5.70. The van der Waals surface area contributed by atoms with E-state index in [1.54, 1.807) is 0 Å². The standard InChI is InChI=1S/C10H6Cl2N2O/c11-8-6-9(14-10(12)13-8)15-7-4-2-1-3-5-7/h1-6H. The van der Waals surface area contributed by atoms with Crippen LogP contribution in [0.25, 0.3) is 0 Å². The van der Waals surface area contributed by atoms with E-state index in [9.17, 15) is 0 Å². The molecule has 1 aromatic heterocycles. The summed E-state index contributed by atoms with van der Waals surface area (Å²) >= 11 is 11.3. The molecule has 0 aliphatic rings. The summed E-state index contributed by atoms with van der Waals surface area (Å²) in [4.78, 5) is 7.59. The number of benzene rings is 1. The molecule has 76 valence electrons. The molecular formula is C10H6Cl2N2O. The monoisotopic (exact) mass is 240 g/mol. The predicted octanol–water partition coefficient (Wildman–Crippen LogP) is 3.58. The molecule has 0 radical (unpaired) electrons. The lowest BCUT2D eigenvalue weighted by Gasteiger charge is -2.04. The maximum Gasteiger partial charge on any atom is 0.227 e. The molecule has 0 atom stereocenters. The van der Waals surface area contributed by atoms with Gasteiger partial charge in [-0.25, -0.2) is 4.98 Å². The number of nitrogens with zero attached hydrogens (tertiary/aromatic N) is 2. The second kappa shape index (κ2) is 4.47. The Kier molecular flexibility index (Phi) is 3.04. The zero-order valence-corrected chi connectivity index (χ0v) is 9.03. The molecule has 2 rings (SSSR count). The Morgan fingerprint density at radius 1 is 1.00 bits per heavy atom. The molecule has 0 bridgehead atoms. The van der Waals surface area contributed by atoms with Crippen LogP contribution in [0.4, 0.5) is 0 Å². The Bertz CT molecular complexity index is 442. The van der Waals surface area contributed by atoms with Gasteiger partial charge in [0.25, 0.3) is 0 Å². The molecular weight excluding hydrogens is 235 g/mol. The lowest BCUT2D eigenvalue weighted by molar-refractivity contribution is 0.461. The summed E-state index contributed by atoms with van der Waals surface area (Å²) in [5.74, 6) is 0.995. The topological polar surface area (TPSA) is 35.0 Å². The Hall–Kier alpha value is -1.32. The molecule has 0 spiro atoms. The zero-order chi connectivity index (χ0) is 10.7. The number of aromatic nitrogens is 2. The SMILES string of the molecule is Clc1cc(Oc2ccccc2)nc(Cl)n1. The number of rotatable bonds is 2. The van der Waals surface area contributed by atoms with Crippen LogP contribution in [0.5, 0.6) is 11.6 Å². The molecule has 1 aromatic carbocycles. The van der Waals surface area contributed by atoms with E-state index in [2.05, 4.69) is 9.97 Å². The summed E-state index contributed by atoms with van der Waals surface area (Å²) in [6, 6.07) is 10.7. The Morgan fingerprint density at radius 2 is 1.73 bits per heavy atom. The van der Waals surface area contributed by atoms with E-state index >= 15 is 0 Å². The fourth-order valence-corrected chi connectivity index (χ4v) is 1.42. The first kappa shape index (κ1) is 10.2. The van der Waals surface area contributed by atoms with Gasteiger partial charge in [-0.15, -0.1) is 0 Å². The van der Waals surface area contributed by atoms with Crippen molar-refractivity contribution in [2.24, 2.45) is 0 Å². The minimum absolute atomic E-state index is 0.0634. The first-order valence-electron chi connectivity index (χ1n) is 4.17. The van der Waals surface area contributed by atoms with Gasteiger partial charge in [0.05, 0.1) is 0 Å². The normalized spacial score (nSPS) is 10.0. The van der Waals surface area contributed by atoms with Gasteiger partial charge in [0.1, 0.15) is 10.9 Å². The first-order valence-corrected chi connectivity index (χ1v) is 4.92. The lowest BCUT2D eigenvalue weighted by atomic mass is 10.3. The molecule has 0 N–H and O–H groups in total. The van der Waals surface area contributed by atoms with Crippen molar-refractivity contribution in [2.75, 3.05) is 0 Å². The molecule has 1 heterocycles. The molecule has 0 aliphatic heterocycles. The van der Waals surface area contributed by atoms with Crippen LogP contribution >= 0.6 is 23.2 Å². The molecule has 0 saturated carbocycles. The fraction of sp³-hybridized carbons (Fsp3) is 0. The lowest BCUT2D eigenvalue weighted by Crippen LogP contribution is -1.90. The van der Waals surface area contributed by atoms with Gasteiger partial charge in [0, 0.05) is 6.07 Å². The van der Waals surface area contributed by atoms with Gasteiger partial charge in [-0.2, -0.15) is 4.98 Å². The van der Waals surface area contributed by atoms with Crippen LogP contribution in [0, 0.1) is 0 Å². The number of hydrogen-bond acceptors (Lipinski definition) is 3. The Morgan fingerprint density at radius 3 is 2.40 bits per heavy atom. The van der Waals surface area contributed by atoms with Crippen molar-refractivity contribution in [3.63, 3.8) is 0 Å². The van der Waals surface area contributed by atoms with Crippen molar-refractivity contribution in [3.8, 4) is 11.6 Å². The third-order valence-corrected chi connectivity index (χ3v) is 1.97. The van der Waals surface area contributed by atoms with E-state index < -0.39 is 0 Å². The van der Waals surface area contributed by atoms with Gasteiger partial charge in [-0.3, -0.25) is 0 Å². The zero-order valence-electron chi connectivity index (χ0n) is 7.52. The summed E-state index contributed by atoms with van der Waals surface area (Å²) in [7, 11) is 0. The van der Waals surface area contributed by atoms with E-state index in [1.807, 2.05) is 30.3 Å². The third kappa shape index (κ3) is 2.81.